The Morgan fingerprint density at radius 1 is 1.25 bits per heavy atom. The second-order valence-electron chi connectivity index (χ2n) is 2.61. The molecule has 1 aromatic heterocycles. The molecule has 0 bridgehead atoms. The Hall–Kier alpha value is -1.16. The minimum atomic E-state index is 0.741. The Balaban J connectivity index is 2.80. The molecule has 1 rings (SSSR count). The number of aromatic nitrogens is 2. The molecule has 66 valence electrons. The van der Waals surface area contributed by atoms with Crippen molar-refractivity contribution in [2.75, 3.05) is 25.6 Å². The number of rotatable bonds is 3. The summed E-state index contributed by atoms with van der Waals surface area (Å²) in [6.07, 6.45) is 3.49. The van der Waals surface area contributed by atoms with Crippen molar-refractivity contribution >= 4 is 5.95 Å². The highest BCUT2D eigenvalue weighted by Gasteiger charge is 2.07. The van der Waals surface area contributed by atoms with Crippen molar-refractivity contribution in [3.8, 4) is 0 Å². The molecule has 0 aliphatic heterocycles. The van der Waals surface area contributed by atoms with Crippen LogP contribution in [0.2, 0.25) is 0 Å². The molecule has 0 saturated carbocycles. The smallest absolute Gasteiger partial charge is 0.240 e. The van der Waals surface area contributed by atoms with Gasteiger partial charge in [0, 0.05) is 33.0 Å². The van der Waals surface area contributed by atoms with Gasteiger partial charge < -0.3 is 0 Å². The van der Waals surface area contributed by atoms with Crippen molar-refractivity contribution in [1.82, 2.24) is 15.0 Å². The lowest BCUT2D eigenvalue weighted by molar-refractivity contribution is 0.368. The topological polar surface area (TPSA) is 32.3 Å². The predicted molar refractivity (Wildman–Crippen MR) is 48.7 cm³/mol. The highest BCUT2D eigenvalue weighted by atomic mass is 15.6. The molecular formula is C8H14N4. The normalized spacial score (nSPS) is 10.3. The predicted octanol–water partition coefficient (Wildman–Crippen LogP) is 0.779. The summed E-state index contributed by atoms with van der Waals surface area (Å²) in [4.78, 5) is 8.29. The first-order chi connectivity index (χ1) is 5.75. The number of nitrogens with zero attached hydrogens (tertiary/aromatic N) is 4. The fourth-order valence-electron chi connectivity index (χ4n) is 1.03. The molecule has 1 heterocycles. The molecule has 0 N–H and O–H groups in total. The second kappa shape index (κ2) is 4.01. The van der Waals surface area contributed by atoms with E-state index in [0.717, 1.165) is 12.5 Å². The average Bonchev–Trinajstić information content (AvgIpc) is 2.07. The van der Waals surface area contributed by atoms with E-state index in [9.17, 15) is 0 Å². The first-order valence-electron chi connectivity index (χ1n) is 3.97. The van der Waals surface area contributed by atoms with E-state index in [1.54, 1.807) is 12.4 Å². The van der Waals surface area contributed by atoms with E-state index in [2.05, 4.69) is 16.9 Å². The summed E-state index contributed by atoms with van der Waals surface area (Å²) in [7, 11) is 3.94. The summed E-state index contributed by atoms with van der Waals surface area (Å²) in [6, 6.07) is 1.81. The van der Waals surface area contributed by atoms with Crippen molar-refractivity contribution in [3.05, 3.63) is 18.5 Å². The van der Waals surface area contributed by atoms with Crippen LogP contribution in [0.3, 0.4) is 0 Å². The lowest BCUT2D eigenvalue weighted by Gasteiger charge is -2.26. The molecule has 4 nitrogen and oxygen atoms in total. The molecular weight excluding hydrogens is 152 g/mol. The molecule has 0 atom stereocenters. The van der Waals surface area contributed by atoms with Crippen LogP contribution in [-0.4, -0.2) is 35.6 Å². The van der Waals surface area contributed by atoms with Crippen molar-refractivity contribution in [2.24, 2.45) is 0 Å². The van der Waals surface area contributed by atoms with Gasteiger partial charge in [-0.15, -0.1) is 0 Å². The number of hydrogen-bond donors (Lipinski definition) is 0. The van der Waals surface area contributed by atoms with Gasteiger partial charge in [-0.05, 0) is 13.0 Å². The third kappa shape index (κ3) is 1.92. The van der Waals surface area contributed by atoms with Crippen molar-refractivity contribution in [3.63, 3.8) is 0 Å². The molecule has 0 fully saturated rings. The van der Waals surface area contributed by atoms with Gasteiger partial charge in [-0.2, -0.15) is 0 Å². The summed E-state index contributed by atoms with van der Waals surface area (Å²) < 4.78 is 0. The zero-order chi connectivity index (χ0) is 8.97. The van der Waals surface area contributed by atoms with Gasteiger partial charge in [0.2, 0.25) is 5.95 Å². The average molecular weight is 166 g/mol. The molecule has 0 unspecified atom stereocenters. The lowest BCUT2D eigenvalue weighted by atomic mass is 10.6. The van der Waals surface area contributed by atoms with Crippen LogP contribution in [-0.2, 0) is 0 Å². The molecule has 0 aliphatic rings. The fraction of sp³-hybridized carbons (Fsp3) is 0.500. The van der Waals surface area contributed by atoms with E-state index >= 15 is 0 Å². The summed E-state index contributed by atoms with van der Waals surface area (Å²) >= 11 is 0. The van der Waals surface area contributed by atoms with Gasteiger partial charge in [-0.25, -0.2) is 15.0 Å². The molecule has 4 heteroatoms. The third-order valence-electron chi connectivity index (χ3n) is 1.57. The van der Waals surface area contributed by atoms with Gasteiger partial charge in [-0.1, -0.05) is 0 Å². The number of hydrogen-bond acceptors (Lipinski definition) is 4. The van der Waals surface area contributed by atoms with Crippen molar-refractivity contribution in [1.29, 1.82) is 0 Å². The maximum absolute atomic E-state index is 4.14. The zero-order valence-electron chi connectivity index (χ0n) is 7.73. The summed E-state index contributed by atoms with van der Waals surface area (Å²) in [6.45, 7) is 2.94. The van der Waals surface area contributed by atoms with E-state index in [0.29, 0.717) is 0 Å². The first kappa shape index (κ1) is 8.93. The fourth-order valence-corrected chi connectivity index (χ4v) is 1.03. The van der Waals surface area contributed by atoms with E-state index < -0.39 is 0 Å². The molecule has 0 saturated heterocycles. The van der Waals surface area contributed by atoms with Crippen LogP contribution in [0.25, 0.3) is 0 Å². The van der Waals surface area contributed by atoms with E-state index in [1.165, 1.54) is 0 Å². The molecule has 0 amide bonds. The third-order valence-corrected chi connectivity index (χ3v) is 1.57. The molecule has 0 spiro atoms. The van der Waals surface area contributed by atoms with Gasteiger partial charge in [-0.3, -0.25) is 5.01 Å². The Labute approximate surface area is 72.8 Å². The lowest BCUT2D eigenvalue weighted by Crippen LogP contribution is -2.37. The monoisotopic (exact) mass is 166 g/mol. The van der Waals surface area contributed by atoms with Gasteiger partial charge in [0.15, 0.2) is 0 Å². The highest BCUT2D eigenvalue weighted by Crippen LogP contribution is 2.04. The van der Waals surface area contributed by atoms with Crippen LogP contribution < -0.4 is 5.01 Å². The summed E-state index contributed by atoms with van der Waals surface area (Å²) in [5, 5.41) is 3.95. The van der Waals surface area contributed by atoms with Crippen LogP contribution >= 0.6 is 0 Å². The molecule has 0 radical (unpaired) electrons. The summed E-state index contributed by atoms with van der Waals surface area (Å²) in [5.74, 6) is 0.741. The largest absolute Gasteiger partial charge is 0.274 e. The van der Waals surface area contributed by atoms with E-state index in [1.807, 2.05) is 30.2 Å². The minimum Gasteiger partial charge on any atom is -0.274 e. The maximum Gasteiger partial charge on any atom is 0.240 e. The molecule has 0 aliphatic carbocycles. The number of anilines is 1. The number of hydrazine groups is 1. The van der Waals surface area contributed by atoms with Crippen molar-refractivity contribution in [2.45, 2.75) is 6.92 Å². The standard InChI is InChI=1S/C8H14N4/c1-4-12(11(2)3)8-9-6-5-7-10-8/h5-7H,4H2,1-3H3. The van der Waals surface area contributed by atoms with Crippen molar-refractivity contribution < 1.29 is 0 Å². The maximum atomic E-state index is 4.14. The minimum absolute atomic E-state index is 0.741. The van der Waals surface area contributed by atoms with Crippen LogP contribution in [0.4, 0.5) is 5.95 Å². The zero-order valence-corrected chi connectivity index (χ0v) is 7.73. The first-order valence-corrected chi connectivity index (χ1v) is 3.97. The second-order valence-corrected chi connectivity index (χ2v) is 2.61. The molecule has 1 aromatic rings. The van der Waals surface area contributed by atoms with Gasteiger partial charge in [0.1, 0.15) is 0 Å². The Morgan fingerprint density at radius 3 is 2.25 bits per heavy atom. The van der Waals surface area contributed by atoms with Crippen LogP contribution in [0.15, 0.2) is 18.5 Å². The summed E-state index contributed by atoms with van der Waals surface area (Å²) in [5.41, 5.74) is 0. The SMILES string of the molecule is CCN(c1ncccn1)N(C)C. The molecule has 0 aromatic carbocycles. The Morgan fingerprint density at radius 2 is 1.83 bits per heavy atom. The molecule has 12 heavy (non-hydrogen) atoms. The van der Waals surface area contributed by atoms with Gasteiger partial charge in [0.05, 0.1) is 0 Å². The Kier molecular flexibility index (Phi) is 2.99. The van der Waals surface area contributed by atoms with Gasteiger partial charge in [0.25, 0.3) is 0 Å². The van der Waals surface area contributed by atoms with E-state index in [4.69, 9.17) is 0 Å². The van der Waals surface area contributed by atoms with Gasteiger partial charge >= 0.3 is 0 Å². The van der Waals surface area contributed by atoms with Crippen LogP contribution in [0.5, 0.6) is 0 Å². The van der Waals surface area contributed by atoms with E-state index in [-0.39, 0.29) is 0 Å². The van der Waals surface area contributed by atoms with Crippen LogP contribution in [0, 0.1) is 0 Å². The highest BCUT2D eigenvalue weighted by molar-refractivity contribution is 5.25. The quantitative estimate of drug-likeness (QED) is 0.621. The van der Waals surface area contributed by atoms with Crippen LogP contribution in [0.1, 0.15) is 6.92 Å². The Bertz CT molecular complexity index is 222.